The van der Waals surface area contributed by atoms with E-state index in [4.69, 9.17) is 0 Å². The van der Waals surface area contributed by atoms with Gasteiger partial charge in [0.1, 0.15) is 28.4 Å². The van der Waals surface area contributed by atoms with Crippen molar-refractivity contribution in [3.63, 3.8) is 0 Å². The molecule has 0 saturated carbocycles. The molecule has 0 bridgehead atoms. The summed E-state index contributed by atoms with van der Waals surface area (Å²) in [7, 11) is 1.51. The normalized spacial score (nSPS) is 10.6. The van der Waals surface area contributed by atoms with Crippen molar-refractivity contribution in [2.45, 2.75) is 0 Å². The fraction of sp³-hybridized carbons (Fsp3) is 0.0500. The van der Waals surface area contributed by atoms with Gasteiger partial charge in [0, 0.05) is 18.0 Å². The van der Waals surface area contributed by atoms with Crippen LogP contribution in [-0.2, 0) is 0 Å². The molecule has 0 spiro atoms. The third-order valence-electron chi connectivity index (χ3n) is 4.13. The van der Waals surface area contributed by atoms with E-state index in [1.165, 1.54) is 24.7 Å². The number of carbonyl (C=O) groups is 2. The van der Waals surface area contributed by atoms with Crippen molar-refractivity contribution in [1.82, 2.24) is 20.3 Å². The minimum atomic E-state index is -0.448. The standard InChI is InChI=1S/C20H15N5O2S/c1-21-18(26)14-8-5-9-15(24-14)19(27)25-17-16-13(12-6-3-2-4-7-12)10-28-20(16)23-11-22-17/h2-11H,1H3,(H,21,26)(H,22,23,25,27). The lowest BCUT2D eigenvalue weighted by atomic mass is 10.1. The highest BCUT2D eigenvalue weighted by Crippen LogP contribution is 2.36. The van der Waals surface area contributed by atoms with E-state index in [2.05, 4.69) is 25.6 Å². The second-order valence-electron chi connectivity index (χ2n) is 5.86. The van der Waals surface area contributed by atoms with Gasteiger partial charge in [-0.15, -0.1) is 11.3 Å². The van der Waals surface area contributed by atoms with Crippen LogP contribution in [0.2, 0.25) is 0 Å². The maximum Gasteiger partial charge on any atom is 0.275 e. The fourth-order valence-corrected chi connectivity index (χ4v) is 3.70. The van der Waals surface area contributed by atoms with E-state index >= 15 is 0 Å². The Kier molecular flexibility index (Phi) is 4.77. The Morgan fingerprint density at radius 2 is 1.68 bits per heavy atom. The summed E-state index contributed by atoms with van der Waals surface area (Å²) in [6, 6.07) is 14.5. The van der Waals surface area contributed by atoms with Gasteiger partial charge in [0.15, 0.2) is 0 Å². The summed E-state index contributed by atoms with van der Waals surface area (Å²) in [5, 5.41) is 8.06. The Morgan fingerprint density at radius 3 is 2.43 bits per heavy atom. The molecule has 4 rings (SSSR count). The van der Waals surface area contributed by atoms with Crippen molar-refractivity contribution in [2.24, 2.45) is 0 Å². The summed E-state index contributed by atoms with van der Waals surface area (Å²) in [6.45, 7) is 0. The highest BCUT2D eigenvalue weighted by Gasteiger charge is 2.17. The van der Waals surface area contributed by atoms with Crippen LogP contribution < -0.4 is 10.6 Å². The predicted octanol–water partition coefficient (Wildman–Crippen LogP) is 3.37. The van der Waals surface area contributed by atoms with Crippen molar-refractivity contribution in [3.8, 4) is 11.1 Å². The Morgan fingerprint density at radius 1 is 0.929 bits per heavy atom. The molecule has 28 heavy (non-hydrogen) atoms. The monoisotopic (exact) mass is 389 g/mol. The topological polar surface area (TPSA) is 96.9 Å². The van der Waals surface area contributed by atoms with Gasteiger partial charge in [-0.2, -0.15) is 0 Å². The minimum absolute atomic E-state index is 0.129. The molecular weight excluding hydrogens is 374 g/mol. The molecule has 0 radical (unpaired) electrons. The smallest absolute Gasteiger partial charge is 0.275 e. The number of nitrogens with one attached hydrogen (secondary N) is 2. The first-order chi connectivity index (χ1) is 13.7. The number of pyridine rings is 1. The number of hydrogen-bond donors (Lipinski definition) is 2. The molecule has 0 aliphatic carbocycles. The van der Waals surface area contributed by atoms with Crippen molar-refractivity contribution in [1.29, 1.82) is 0 Å². The van der Waals surface area contributed by atoms with E-state index in [0.29, 0.717) is 5.82 Å². The molecule has 2 N–H and O–H groups in total. The fourth-order valence-electron chi connectivity index (χ4n) is 2.79. The number of rotatable bonds is 4. The lowest BCUT2D eigenvalue weighted by Gasteiger charge is -2.08. The van der Waals surface area contributed by atoms with Crippen LogP contribution in [0.5, 0.6) is 0 Å². The zero-order valence-corrected chi connectivity index (χ0v) is 15.7. The SMILES string of the molecule is CNC(=O)c1cccc(C(=O)Nc2ncnc3scc(-c4ccccc4)c23)n1. The molecule has 7 nitrogen and oxygen atoms in total. The average molecular weight is 389 g/mol. The number of anilines is 1. The molecule has 0 fully saturated rings. The molecule has 3 aromatic heterocycles. The van der Waals surface area contributed by atoms with E-state index in [1.807, 2.05) is 35.7 Å². The zero-order valence-electron chi connectivity index (χ0n) is 14.8. The molecule has 1 aromatic carbocycles. The van der Waals surface area contributed by atoms with E-state index < -0.39 is 5.91 Å². The molecule has 0 saturated heterocycles. The average Bonchev–Trinajstić information content (AvgIpc) is 3.19. The lowest BCUT2D eigenvalue weighted by molar-refractivity contribution is 0.0958. The zero-order chi connectivity index (χ0) is 19.5. The van der Waals surface area contributed by atoms with Crippen LogP contribution >= 0.6 is 11.3 Å². The van der Waals surface area contributed by atoms with Crippen LogP contribution in [0.25, 0.3) is 21.3 Å². The van der Waals surface area contributed by atoms with Gasteiger partial charge >= 0.3 is 0 Å². The number of amides is 2. The van der Waals surface area contributed by atoms with Crippen molar-refractivity contribution < 1.29 is 9.59 Å². The number of benzene rings is 1. The third kappa shape index (κ3) is 3.33. The second-order valence-corrected chi connectivity index (χ2v) is 6.72. The summed E-state index contributed by atoms with van der Waals surface area (Å²) < 4.78 is 0. The van der Waals surface area contributed by atoms with Gasteiger partial charge in [-0.3, -0.25) is 9.59 Å². The van der Waals surface area contributed by atoms with Crippen molar-refractivity contribution in [3.05, 3.63) is 71.6 Å². The largest absolute Gasteiger partial charge is 0.354 e. The maximum atomic E-state index is 12.7. The summed E-state index contributed by atoms with van der Waals surface area (Å²) in [5.41, 5.74) is 2.26. The number of fused-ring (bicyclic) bond motifs is 1. The molecule has 4 aromatic rings. The van der Waals surface area contributed by atoms with E-state index in [0.717, 1.165) is 21.3 Å². The third-order valence-corrected chi connectivity index (χ3v) is 5.01. The summed E-state index contributed by atoms with van der Waals surface area (Å²) in [6.07, 6.45) is 1.41. The highest BCUT2D eigenvalue weighted by molar-refractivity contribution is 7.17. The lowest BCUT2D eigenvalue weighted by Crippen LogP contribution is -2.21. The van der Waals surface area contributed by atoms with Crippen LogP contribution in [0, 0.1) is 0 Å². The first-order valence-corrected chi connectivity index (χ1v) is 9.33. The van der Waals surface area contributed by atoms with E-state index in [1.54, 1.807) is 18.2 Å². The molecule has 138 valence electrons. The minimum Gasteiger partial charge on any atom is -0.354 e. The molecule has 0 atom stereocenters. The van der Waals surface area contributed by atoms with Crippen LogP contribution in [0.3, 0.4) is 0 Å². The number of nitrogens with zero attached hydrogens (tertiary/aromatic N) is 3. The maximum absolute atomic E-state index is 12.7. The van der Waals surface area contributed by atoms with Gasteiger partial charge in [-0.1, -0.05) is 36.4 Å². The van der Waals surface area contributed by atoms with Crippen LogP contribution in [0.15, 0.2) is 60.2 Å². The van der Waals surface area contributed by atoms with Crippen molar-refractivity contribution in [2.75, 3.05) is 12.4 Å². The molecule has 8 heteroatoms. The predicted molar refractivity (Wildman–Crippen MR) is 108 cm³/mol. The molecule has 0 aliphatic heterocycles. The molecule has 0 unspecified atom stereocenters. The number of carbonyl (C=O) groups excluding carboxylic acids is 2. The molecule has 2 amide bonds. The first kappa shape index (κ1) is 17.7. The van der Waals surface area contributed by atoms with Gasteiger partial charge in [0.25, 0.3) is 11.8 Å². The molecular formula is C20H15N5O2S. The number of aromatic nitrogens is 3. The van der Waals surface area contributed by atoms with Gasteiger partial charge in [-0.25, -0.2) is 15.0 Å². The molecule has 3 heterocycles. The Hall–Kier alpha value is -3.65. The van der Waals surface area contributed by atoms with E-state index in [-0.39, 0.29) is 17.3 Å². The summed E-state index contributed by atoms with van der Waals surface area (Å²) in [5.74, 6) is -0.401. The van der Waals surface area contributed by atoms with Crippen LogP contribution in [0.1, 0.15) is 21.0 Å². The Labute approximate surface area is 164 Å². The van der Waals surface area contributed by atoms with Gasteiger partial charge < -0.3 is 10.6 Å². The summed E-state index contributed by atoms with van der Waals surface area (Å²) in [4.78, 5) is 38.0. The van der Waals surface area contributed by atoms with Crippen LogP contribution in [-0.4, -0.2) is 33.8 Å². The second kappa shape index (κ2) is 7.53. The first-order valence-electron chi connectivity index (χ1n) is 8.45. The van der Waals surface area contributed by atoms with Gasteiger partial charge in [0.05, 0.1) is 5.39 Å². The Balaban J connectivity index is 1.72. The van der Waals surface area contributed by atoms with Crippen molar-refractivity contribution >= 4 is 39.2 Å². The number of thiophene rings is 1. The highest BCUT2D eigenvalue weighted by atomic mass is 32.1. The van der Waals surface area contributed by atoms with Gasteiger partial charge in [-0.05, 0) is 17.7 Å². The molecule has 0 aliphatic rings. The van der Waals surface area contributed by atoms with Gasteiger partial charge in [0.2, 0.25) is 0 Å². The van der Waals surface area contributed by atoms with Crippen LogP contribution in [0.4, 0.5) is 5.82 Å². The summed E-state index contributed by atoms with van der Waals surface area (Å²) >= 11 is 1.48. The Bertz CT molecular complexity index is 1170. The quantitative estimate of drug-likeness (QED) is 0.558. The number of hydrogen-bond acceptors (Lipinski definition) is 6. The van der Waals surface area contributed by atoms with E-state index in [9.17, 15) is 9.59 Å².